The van der Waals surface area contributed by atoms with Crippen molar-refractivity contribution in [3.8, 4) is 0 Å². The molecule has 0 aromatic carbocycles. The van der Waals surface area contributed by atoms with Gasteiger partial charge in [0.1, 0.15) is 12.4 Å². The number of aliphatic hydroxyl groups excluding tert-OH is 1. The summed E-state index contributed by atoms with van der Waals surface area (Å²) in [4.78, 5) is 11.6. The van der Waals surface area contributed by atoms with Crippen LogP contribution in [0.25, 0.3) is 0 Å². The maximum absolute atomic E-state index is 9.96. The molecule has 0 aliphatic carbocycles. The molecule has 0 saturated heterocycles. The third-order valence-corrected chi connectivity index (χ3v) is 2.07. The average molecular weight is 202 g/mol. The Hall–Kier alpha value is -2.01. The molecule has 0 amide bonds. The van der Waals surface area contributed by atoms with Crippen molar-refractivity contribution in [3.05, 3.63) is 48.3 Å². The highest BCUT2D eigenvalue weighted by atomic mass is 16.3. The number of aliphatic hydroxyl groups is 1. The van der Waals surface area contributed by atoms with Gasteiger partial charge in [-0.3, -0.25) is 4.98 Å². The van der Waals surface area contributed by atoms with Crippen LogP contribution in [0.1, 0.15) is 17.4 Å². The molecule has 0 aliphatic rings. The van der Waals surface area contributed by atoms with E-state index >= 15 is 0 Å². The van der Waals surface area contributed by atoms with Gasteiger partial charge >= 0.3 is 0 Å². The molecule has 0 bridgehead atoms. The lowest BCUT2D eigenvalue weighted by molar-refractivity contribution is 0.215. The minimum atomic E-state index is -0.860. The molecule has 5 heteroatoms. The minimum absolute atomic E-state index is 0.496. The minimum Gasteiger partial charge on any atom is -0.398 e. The average Bonchev–Trinajstić information content (AvgIpc) is 2.30. The molecule has 1 unspecified atom stereocenters. The molecule has 0 spiro atoms. The van der Waals surface area contributed by atoms with Crippen molar-refractivity contribution in [2.45, 2.75) is 6.10 Å². The summed E-state index contributed by atoms with van der Waals surface area (Å²) >= 11 is 0. The summed E-state index contributed by atoms with van der Waals surface area (Å²) in [7, 11) is 0. The zero-order valence-corrected chi connectivity index (χ0v) is 7.91. The molecule has 1 atom stereocenters. The van der Waals surface area contributed by atoms with Crippen molar-refractivity contribution < 1.29 is 5.11 Å². The lowest BCUT2D eigenvalue weighted by Gasteiger charge is -2.11. The Kier molecular flexibility index (Phi) is 2.55. The van der Waals surface area contributed by atoms with Crippen molar-refractivity contribution in [1.82, 2.24) is 15.0 Å². The smallest absolute Gasteiger partial charge is 0.125 e. The summed E-state index contributed by atoms with van der Waals surface area (Å²) in [5.41, 5.74) is 7.27. The summed E-state index contributed by atoms with van der Waals surface area (Å²) in [6, 6.07) is 3.27. The van der Waals surface area contributed by atoms with Crippen LogP contribution < -0.4 is 5.73 Å². The predicted octanol–water partition coefficient (Wildman–Crippen LogP) is 0.536. The molecule has 76 valence electrons. The third kappa shape index (κ3) is 1.92. The number of hydrogen-bond donors (Lipinski definition) is 2. The van der Waals surface area contributed by atoms with Gasteiger partial charge in [-0.25, -0.2) is 9.97 Å². The zero-order chi connectivity index (χ0) is 10.7. The van der Waals surface area contributed by atoms with Crippen molar-refractivity contribution >= 4 is 5.69 Å². The van der Waals surface area contributed by atoms with Gasteiger partial charge < -0.3 is 10.8 Å². The number of pyridine rings is 1. The van der Waals surface area contributed by atoms with Gasteiger partial charge in [0.05, 0.1) is 5.69 Å². The fourth-order valence-electron chi connectivity index (χ4n) is 1.27. The van der Waals surface area contributed by atoms with Crippen LogP contribution in [-0.4, -0.2) is 20.1 Å². The van der Waals surface area contributed by atoms with E-state index in [1.54, 1.807) is 24.5 Å². The second-order valence-corrected chi connectivity index (χ2v) is 3.04. The molecule has 0 saturated carbocycles. The Balaban J connectivity index is 2.37. The molecule has 3 N–H and O–H groups in total. The molecule has 2 aromatic rings. The normalized spacial score (nSPS) is 12.3. The van der Waals surface area contributed by atoms with Crippen molar-refractivity contribution in [3.63, 3.8) is 0 Å². The monoisotopic (exact) mass is 202 g/mol. The topological polar surface area (TPSA) is 84.9 Å². The molecule has 0 fully saturated rings. The van der Waals surface area contributed by atoms with Crippen LogP contribution in [0.5, 0.6) is 0 Å². The van der Waals surface area contributed by atoms with E-state index in [9.17, 15) is 5.11 Å². The van der Waals surface area contributed by atoms with Gasteiger partial charge in [-0.1, -0.05) is 0 Å². The van der Waals surface area contributed by atoms with E-state index in [1.807, 2.05) is 0 Å². The first-order valence-corrected chi connectivity index (χ1v) is 4.42. The van der Waals surface area contributed by atoms with Crippen molar-refractivity contribution in [2.24, 2.45) is 0 Å². The lowest BCUT2D eigenvalue weighted by Crippen LogP contribution is -2.06. The summed E-state index contributed by atoms with van der Waals surface area (Å²) in [6.07, 6.45) is 5.19. The second kappa shape index (κ2) is 4.02. The number of rotatable bonds is 2. The molecule has 2 aromatic heterocycles. The molecule has 2 rings (SSSR count). The van der Waals surface area contributed by atoms with E-state index in [-0.39, 0.29) is 0 Å². The van der Waals surface area contributed by atoms with Crippen LogP contribution in [0.2, 0.25) is 0 Å². The first-order chi connectivity index (χ1) is 7.29. The van der Waals surface area contributed by atoms with Gasteiger partial charge in [-0.2, -0.15) is 0 Å². The van der Waals surface area contributed by atoms with E-state index in [2.05, 4.69) is 15.0 Å². The number of hydrogen-bond acceptors (Lipinski definition) is 5. The molecule has 2 heterocycles. The summed E-state index contributed by atoms with van der Waals surface area (Å²) in [5.74, 6) is 0. The number of anilines is 1. The van der Waals surface area contributed by atoms with Gasteiger partial charge in [-0.15, -0.1) is 0 Å². The first-order valence-electron chi connectivity index (χ1n) is 4.42. The van der Waals surface area contributed by atoms with Crippen molar-refractivity contribution in [2.75, 3.05) is 5.73 Å². The summed E-state index contributed by atoms with van der Waals surface area (Å²) in [5, 5.41) is 9.96. The molecular weight excluding hydrogens is 192 g/mol. The molecule has 15 heavy (non-hydrogen) atoms. The molecule has 0 radical (unpaired) electrons. The van der Waals surface area contributed by atoms with Gasteiger partial charge in [-0.05, 0) is 12.1 Å². The maximum atomic E-state index is 9.96. The number of nitrogen functional groups attached to an aromatic ring is 1. The van der Waals surface area contributed by atoms with E-state index in [0.29, 0.717) is 16.9 Å². The van der Waals surface area contributed by atoms with E-state index < -0.39 is 6.10 Å². The third-order valence-electron chi connectivity index (χ3n) is 2.07. The van der Waals surface area contributed by atoms with Crippen molar-refractivity contribution in [1.29, 1.82) is 0 Å². The highest BCUT2D eigenvalue weighted by molar-refractivity contribution is 5.47. The maximum Gasteiger partial charge on any atom is 0.125 e. The van der Waals surface area contributed by atoms with Crippen LogP contribution in [0.15, 0.2) is 37.1 Å². The summed E-state index contributed by atoms with van der Waals surface area (Å²) in [6.45, 7) is 0. The van der Waals surface area contributed by atoms with E-state index in [0.717, 1.165) is 0 Å². The van der Waals surface area contributed by atoms with Gasteiger partial charge in [0, 0.05) is 29.8 Å². The van der Waals surface area contributed by atoms with E-state index in [4.69, 9.17) is 5.73 Å². The molecule has 0 aliphatic heterocycles. The van der Waals surface area contributed by atoms with Gasteiger partial charge in [0.15, 0.2) is 0 Å². The first kappa shape index (κ1) is 9.54. The lowest BCUT2D eigenvalue weighted by atomic mass is 10.1. The second-order valence-electron chi connectivity index (χ2n) is 3.04. The Morgan fingerprint density at radius 1 is 1.20 bits per heavy atom. The predicted molar refractivity (Wildman–Crippen MR) is 54.7 cm³/mol. The number of aromatic nitrogens is 3. The summed E-state index contributed by atoms with van der Waals surface area (Å²) < 4.78 is 0. The van der Waals surface area contributed by atoms with Crippen LogP contribution in [-0.2, 0) is 0 Å². The zero-order valence-electron chi connectivity index (χ0n) is 7.91. The largest absolute Gasteiger partial charge is 0.398 e. The van der Waals surface area contributed by atoms with Crippen LogP contribution in [0.3, 0.4) is 0 Å². The Bertz CT molecular complexity index is 446. The Morgan fingerprint density at radius 3 is 2.67 bits per heavy atom. The van der Waals surface area contributed by atoms with Gasteiger partial charge in [0.2, 0.25) is 0 Å². The van der Waals surface area contributed by atoms with Crippen LogP contribution in [0.4, 0.5) is 5.69 Å². The van der Waals surface area contributed by atoms with Crippen LogP contribution >= 0.6 is 0 Å². The fourth-order valence-corrected chi connectivity index (χ4v) is 1.27. The SMILES string of the molecule is Nc1ccncc1C(O)c1ccncn1. The number of nitrogens with two attached hydrogens (primary N) is 1. The Labute approximate surface area is 86.6 Å². The fraction of sp³-hybridized carbons (Fsp3) is 0.100. The van der Waals surface area contributed by atoms with E-state index in [1.165, 1.54) is 12.5 Å². The molecule has 5 nitrogen and oxygen atoms in total. The van der Waals surface area contributed by atoms with Crippen LogP contribution in [0, 0.1) is 0 Å². The Morgan fingerprint density at radius 2 is 2.00 bits per heavy atom. The quantitative estimate of drug-likeness (QED) is 0.742. The molecular formula is C10H10N4O. The standard InChI is InChI=1S/C10H10N4O/c11-8-1-3-12-5-7(8)10(15)9-2-4-13-6-14-9/h1-6,10,15H,(H2,11,12). The highest BCUT2D eigenvalue weighted by Crippen LogP contribution is 2.23. The van der Waals surface area contributed by atoms with Gasteiger partial charge in [0.25, 0.3) is 0 Å². The highest BCUT2D eigenvalue weighted by Gasteiger charge is 2.14. The number of nitrogens with zero attached hydrogens (tertiary/aromatic N) is 3.